The van der Waals surface area contributed by atoms with E-state index in [-0.39, 0.29) is 18.3 Å². The number of amides is 1. The number of benzene rings is 2. The van der Waals surface area contributed by atoms with Crippen LogP contribution in [0.5, 0.6) is 0 Å². The summed E-state index contributed by atoms with van der Waals surface area (Å²) in [6.45, 7) is 2.85. The number of nitrogens with two attached hydrogens (primary N) is 1. The molecule has 1 saturated heterocycles. The molecule has 0 saturated carbocycles. The summed E-state index contributed by atoms with van der Waals surface area (Å²) in [6, 6.07) is 14.7. The van der Waals surface area contributed by atoms with Crippen molar-refractivity contribution < 1.29 is 18.0 Å². The van der Waals surface area contributed by atoms with Gasteiger partial charge in [0.25, 0.3) is 12.3 Å². The van der Waals surface area contributed by atoms with Gasteiger partial charge in [0, 0.05) is 55.1 Å². The monoisotopic (exact) mass is 481 g/mol. The molecule has 0 aliphatic carbocycles. The summed E-state index contributed by atoms with van der Waals surface area (Å²) in [5, 5.41) is 2.82. The maximum atomic E-state index is 14.8. The number of nitrogen functional groups attached to an aromatic ring is 1. The Hall–Kier alpha value is -3.59. The van der Waals surface area contributed by atoms with Crippen molar-refractivity contribution in [2.24, 2.45) is 0 Å². The van der Waals surface area contributed by atoms with Gasteiger partial charge in [0.15, 0.2) is 0 Å². The number of carbonyl (C=O) groups is 1. The van der Waals surface area contributed by atoms with E-state index in [0.29, 0.717) is 61.4 Å². The quantitative estimate of drug-likeness (QED) is 0.543. The number of carbonyl (C=O) groups excluding carboxylic acids is 1. The van der Waals surface area contributed by atoms with Gasteiger partial charge in [0.05, 0.1) is 6.54 Å². The van der Waals surface area contributed by atoms with Crippen molar-refractivity contribution in [1.29, 1.82) is 0 Å². The molecule has 0 atom stereocenters. The number of pyridine rings is 1. The van der Waals surface area contributed by atoms with Crippen molar-refractivity contribution in [2.45, 2.75) is 12.8 Å². The molecular formula is C26H26F3N5O. The SMILES string of the molecule is Nc1nc(F)c(-c2ccc(N3CCN(CC(F)F)CC3)cc2)cc1-c1ccc2c(c1)CCNC2=O. The third-order valence-corrected chi connectivity index (χ3v) is 6.66. The first-order valence-electron chi connectivity index (χ1n) is 11.6. The van der Waals surface area contributed by atoms with E-state index in [1.54, 1.807) is 23.1 Å². The Morgan fingerprint density at radius 3 is 2.37 bits per heavy atom. The highest BCUT2D eigenvalue weighted by molar-refractivity contribution is 5.97. The third kappa shape index (κ3) is 4.81. The van der Waals surface area contributed by atoms with Crippen molar-refractivity contribution >= 4 is 17.4 Å². The van der Waals surface area contributed by atoms with E-state index < -0.39 is 12.4 Å². The molecule has 0 unspecified atom stereocenters. The molecule has 2 aromatic carbocycles. The molecule has 3 aromatic rings. The highest BCUT2D eigenvalue weighted by Crippen LogP contribution is 2.34. The van der Waals surface area contributed by atoms with E-state index >= 15 is 0 Å². The van der Waals surface area contributed by atoms with Gasteiger partial charge in [-0.25, -0.2) is 13.8 Å². The van der Waals surface area contributed by atoms with Gasteiger partial charge in [-0.15, -0.1) is 0 Å². The highest BCUT2D eigenvalue weighted by atomic mass is 19.3. The molecule has 2 aliphatic rings. The van der Waals surface area contributed by atoms with Crippen molar-refractivity contribution in [3.8, 4) is 22.3 Å². The Morgan fingerprint density at radius 2 is 1.66 bits per heavy atom. The summed E-state index contributed by atoms with van der Waals surface area (Å²) in [7, 11) is 0. The van der Waals surface area contributed by atoms with Gasteiger partial charge < -0.3 is 16.0 Å². The molecule has 1 aromatic heterocycles. The van der Waals surface area contributed by atoms with Crippen molar-refractivity contribution in [2.75, 3.05) is 49.9 Å². The van der Waals surface area contributed by atoms with Crippen molar-refractivity contribution in [3.05, 3.63) is 65.6 Å². The number of hydrogen-bond acceptors (Lipinski definition) is 5. The zero-order valence-corrected chi connectivity index (χ0v) is 19.1. The van der Waals surface area contributed by atoms with Gasteiger partial charge in [-0.05, 0) is 47.4 Å². The standard InChI is InChI=1S/C26H26F3N5O/c27-23(28)15-33-9-11-34(12-10-33)19-4-1-16(2-5-19)21-14-22(25(30)32-24(21)29)17-3-6-20-18(13-17)7-8-31-26(20)35/h1-6,13-14,23H,7-12,15H2,(H2,30,32)(H,31,35). The number of nitrogens with zero attached hydrogens (tertiary/aromatic N) is 3. The first-order chi connectivity index (χ1) is 16.9. The van der Waals surface area contributed by atoms with Crippen LogP contribution in [0.3, 0.4) is 0 Å². The predicted octanol–water partition coefficient (Wildman–Crippen LogP) is 3.81. The molecule has 0 bridgehead atoms. The first kappa shape index (κ1) is 23.2. The molecule has 2 aliphatic heterocycles. The van der Waals surface area contributed by atoms with E-state index in [0.717, 1.165) is 16.8 Å². The maximum absolute atomic E-state index is 14.8. The minimum absolute atomic E-state index is 0.0877. The Kier molecular flexibility index (Phi) is 6.34. The van der Waals surface area contributed by atoms with Crippen molar-refractivity contribution in [3.63, 3.8) is 0 Å². The molecule has 3 N–H and O–H groups in total. The van der Waals surface area contributed by atoms with E-state index in [1.807, 2.05) is 30.3 Å². The zero-order chi connectivity index (χ0) is 24.5. The Balaban J connectivity index is 1.38. The van der Waals surface area contributed by atoms with Crippen LogP contribution in [0.4, 0.5) is 24.7 Å². The van der Waals surface area contributed by atoms with Gasteiger partial charge >= 0.3 is 0 Å². The van der Waals surface area contributed by atoms with Crippen LogP contribution in [0.1, 0.15) is 15.9 Å². The topological polar surface area (TPSA) is 74.5 Å². The molecule has 35 heavy (non-hydrogen) atoms. The fourth-order valence-electron chi connectivity index (χ4n) is 4.77. The van der Waals surface area contributed by atoms with Gasteiger partial charge in [-0.1, -0.05) is 24.3 Å². The molecule has 1 amide bonds. The Labute approximate surface area is 201 Å². The van der Waals surface area contributed by atoms with Gasteiger partial charge in [0.1, 0.15) is 5.82 Å². The maximum Gasteiger partial charge on any atom is 0.251 e. The smallest absolute Gasteiger partial charge is 0.251 e. The van der Waals surface area contributed by atoms with Gasteiger partial charge in [-0.3, -0.25) is 9.69 Å². The van der Waals surface area contributed by atoms with Gasteiger partial charge in [-0.2, -0.15) is 4.39 Å². The second-order valence-electron chi connectivity index (χ2n) is 8.86. The fourth-order valence-corrected chi connectivity index (χ4v) is 4.77. The Morgan fingerprint density at radius 1 is 0.943 bits per heavy atom. The number of rotatable bonds is 5. The largest absolute Gasteiger partial charge is 0.383 e. The van der Waals surface area contributed by atoms with Crippen LogP contribution in [0.15, 0.2) is 48.5 Å². The van der Waals surface area contributed by atoms with Crippen LogP contribution >= 0.6 is 0 Å². The summed E-state index contributed by atoms with van der Waals surface area (Å²) in [4.78, 5) is 19.9. The molecule has 9 heteroatoms. The lowest BCUT2D eigenvalue weighted by Crippen LogP contribution is -2.47. The molecule has 0 radical (unpaired) electrons. The normalized spacial score (nSPS) is 16.3. The average molecular weight is 482 g/mol. The summed E-state index contributed by atoms with van der Waals surface area (Å²) in [6.07, 6.45) is -1.61. The molecule has 0 spiro atoms. The average Bonchev–Trinajstić information content (AvgIpc) is 2.84. The number of hydrogen-bond donors (Lipinski definition) is 2. The number of aromatic nitrogens is 1. The van der Waals surface area contributed by atoms with Crippen LogP contribution in [-0.4, -0.2) is 61.5 Å². The molecular weight excluding hydrogens is 455 g/mol. The van der Waals surface area contributed by atoms with Crippen LogP contribution in [-0.2, 0) is 6.42 Å². The van der Waals surface area contributed by atoms with Crippen LogP contribution < -0.4 is 16.0 Å². The molecule has 1 fully saturated rings. The number of anilines is 2. The summed E-state index contributed by atoms with van der Waals surface area (Å²) in [5.74, 6) is -0.666. The number of piperazine rings is 1. The lowest BCUT2D eigenvalue weighted by Gasteiger charge is -2.36. The van der Waals surface area contributed by atoms with Crippen LogP contribution in [0.25, 0.3) is 22.3 Å². The number of nitrogens with one attached hydrogen (secondary N) is 1. The van der Waals surface area contributed by atoms with E-state index in [9.17, 15) is 18.0 Å². The van der Waals surface area contributed by atoms with Crippen LogP contribution in [0.2, 0.25) is 0 Å². The first-order valence-corrected chi connectivity index (χ1v) is 11.6. The summed E-state index contributed by atoms with van der Waals surface area (Å²) < 4.78 is 40.1. The van der Waals surface area contributed by atoms with Crippen LogP contribution in [0, 0.1) is 5.95 Å². The summed E-state index contributed by atoms with van der Waals surface area (Å²) >= 11 is 0. The van der Waals surface area contributed by atoms with E-state index in [2.05, 4.69) is 15.2 Å². The van der Waals surface area contributed by atoms with Gasteiger partial charge in [0.2, 0.25) is 5.95 Å². The highest BCUT2D eigenvalue weighted by Gasteiger charge is 2.21. The second kappa shape index (κ2) is 9.58. The second-order valence-corrected chi connectivity index (χ2v) is 8.86. The van der Waals surface area contributed by atoms with Crippen molar-refractivity contribution in [1.82, 2.24) is 15.2 Å². The minimum Gasteiger partial charge on any atom is -0.383 e. The molecule has 182 valence electrons. The summed E-state index contributed by atoms with van der Waals surface area (Å²) in [5.41, 5.74) is 11.0. The number of halogens is 3. The zero-order valence-electron chi connectivity index (χ0n) is 19.1. The molecule has 5 rings (SSSR count). The minimum atomic E-state index is -2.32. The lowest BCUT2D eigenvalue weighted by atomic mass is 9.94. The third-order valence-electron chi connectivity index (χ3n) is 6.66. The molecule has 3 heterocycles. The number of fused-ring (bicyclic) bond motifs is 1. The van der Waals surface area contributed by atoms with E-state index in [1.165, 1.54) is 0 Å². The Bertz CT molecular complexity index is 1240. The van der Waals surface area contributed by atoms with E-state index in [4.69, 9.17) is 5.73 Å². The molecule has 6 nitrogen and oxygen atoms in total. The lowest BCUT2D eigenvalue weighted by molar-refractivity contribution is 0.0854. The number of alkyl halides is 2. The fraction of sp³-hybridized carbons (Fsp3) is 0.308. The predicted molar refractivity (Wildman–Crippen MR) is 130 cm³/mol.